The first-order chi connectivity index (χ1) is 10.3. The van der Waals surface area contributed by atoms with Crippen molar-refractivity contribution in [2.75, 3.05) is 6.61 Å². The molecule has 1 N–H and O–H groups in total. The Balaban J connectivity index is 2.59. The lowest BCUT2D eigenvalue weighted by Crippen LogP contribution is -2.19. The minimum Gasteiger partial charge on any atom is -0.478 e. The molecule has 0 saturated heterocycles. The highest BCUT2D eigenvalue weighted by Gasteiger charge is 2.13. The predicted molar refractivity (Wildman–Crippen MR) is 77.5 cm³/mol. The second kappa shape index (κ2) is 8.08. The highest BCUT2D eigenvalue weighted by molar-refractivity contribution is 9.10. The van der Waals surface area contributed by atoms with Gasteiger partial charge < -0.3 is 14.6 Å². The Labute approximate surface area is 133 Å². The normalized spacial score (nSPS) is 10.7. The lowest BCUT2D eigenvalue weighted by Gasteiger charge is -2.06. The average molecular weight is 371 g/mol. The first-order valence-electron chi connectivity index (χ1n) is 5.87. The van der Waals surface area contributed by atoms with Gasteiger partial charge in [0.2, 0.25) is 0 Å². The SMILES string of the molecule is C/C(=C\C(=O)O)C(=O)OCC(=O)Oc1ccc(Br)c(C=O)c1. The first kappa shape index (κ1) is 17.6. The lowest BCUT2D eigenvalue weighted by atomic mass is 10.2. The molecule has 0 aliphatic rings. The number of carboxylic acids is 1. The van der Waals surface area contributed by atoms with Crippen LogP contribution in [-0.2, 0) is 19.1 Å². The van der Waals surface area contributed by atoms with E-state index in [1.165, 1.54) is 25.1 Å². The molecule has 116 valence electrons. The van der Waals surface area contributed by atoms with Crippen LogP contribution < -0.4 is 4.74 Å². The average Bonchev–Trinajstić information content (AvgIpc) is 2.46. The van der Waals surface area contributed by atoms with Gasteiger partial charge in [-0.1, -0.05) is 15.9 Å². The number of carboxylic acid groups (broad SMARTS) is 1. The summed E-state index contributed by atoms with van der Waals surface area (Å²) in [5, 5.41) is 8.47. The van der Waals surface area contributed by atoms with E-state index in [0.717, 1.165) is 0 Å². The lowest BCUT2D eigenvalue weighted by molar-refractivity contribution is -0.150. The van der Waals surface area contributed by atoms with Crippen molar-refractivity contribution in [2.24, 2.45) is 0 Å². The third kappa shape index (κ3) is 5.49. The van der Waals surface area contributed by atoms with Gasteiger partial charge in [0.15, 0.2) is 12.9 Å². The number of ether oxygens (including phenoxy) is 2. The van der Waals surface area contributed by atoms with Gasteiger partial charge in [-0.3, -0.25) is 4.79 Å². The van der Waals surface area contributed by atoms with Gasteiger partial charge in [-0.05, 0) is 25.1 Å². The highest BCUT2D eigenvalue weighted by atomic mass is 79.9. The van der Waals surface area contributed by atoms with Gasteiger partial charge in [-0.25, -0.2) is 14.4 Å². The van der Waals surface area contributed by atoms with Gasteiger partial charge in [-0.15, -0.1) is 0 Å². The summed E-state index contributed by atoms with van der Waals surface area (Å²) in [7, 11) is 0. The number of hydrogen-bond donors (Lipinski definition) is 1. The van der Waals surface area contributed by atoms with Crippen LogP contribution in [0.2, 0.25) is 0 Å². The second-order valence-electron chi connectivity index (χ2n) is 4.02. The van der Waals surface area contributed by atoms with Crippen LogP contribution in [0.4, 0.5) is 0 Å². The van der Waals surface area contributed by atoms with Crippen molar-refractivity contribution in [3.8, 4) is 5.75 Å². The van der Waals surface area contributed by atoms with E-state index in [2.05, 4.69) is 20.7 Å². The van der Waals surface area contributed by atoms with E-state index in [0.29, 0.717) is 22.4 Å². The molecule has 0 atom stereocenters. The van der Waals surface area contributed by atoms with Crippen molar-refractivity contribution >= 4 is 40.1 Å². The quantitative estimate of drug-likeness (QED) is 0.351. The molecule has 0 aromatic heterocycles. The van der Waals surface area contributed by atoms with Crippen LogP contribution in [-0.4, -0.2) is 35.9 Å². The summed E-state index contributed by atoms with van der Waals surface area (Å²) in [6.45, 7) is 0.559. The van der Waals surface area contributed by atoms with Gasteiger partial charge in [0.05, 0.1) is 0 Å². The largest absolute Gasteiger partial charge is 0.478 e. The number of carbonyl (C=O) groups excluding carboxylic acids is 3. The summed E-state index contributed by atoms with van der Waals surface area (Å²) in [5.41, 5.74) is 0.134. The smallest absolute Gasteiger partial charge is 0.349 e. The molecular weight excluding hydrogens is 360 g/mol. The van der Waals surface area contributed by atoms with E-state index in [1.54, 1.807) is 0 Å². The molecule has 1 aromatic rings. The van der Waals surface area contributed by atoms with Gasteiger partial charge >= 0.3 is 17.9 Å². The van der Waals surface area contributed by atoms with E-state index >= 15 is 0 Å². The fourth-order valence-electron chi connectivity index (χ4n) is 1.32. The van der Waals surface area contributed by atoms with E-state index in [-0.39, 0.29) is 11.3 Å². The molecule has 0 aliphatic carbocycles. The number of hydrogen-bond acceptors (Lipinski definition) is 6. The molecule has 0 bridgehead atoms. The Morgan fingerprint density at radius 2 is 2.00 bits per heavy atom. The number of aldehydes is 1. The fourth-order valence-corrected chi connectivity index (χ4v) is 1.66. The zero-order valence-electron chi connectivity index (χ0n) is 11.4. The minimum atomic E-state index is -1.30. The van der Waals surface area contributed by atoms with Gasteiger partial charge in [0.1, 0.15) is 5.75 Å². The van der Waals surface area contributed by atoms with Crippen LogP contribution in [0, 0.1) is 0 Å². The number of carbonyl (C=O) groups is 4. The van der Waals surface area contributed by atoms with Crippen molar-refractivity contribution < 1.29 is 33.8 Å². The van der Waals surface area contributed by atoms with Crippen LogP contribution >= 0.6 is 15.9 Å². The molecule has 22 heavy (non-hydrogen) atoms. The van der Waals surface area contributed by atoms with Gasteiger partial charge in [0, 0.05) is 21.7 Å². The van der Waals surface area contributed by atoms with Gasteiger partial charge in [0.25, 0.3) is 0 Å². The van der Waals surface area contributed by atoms with E-state index in [9.17, 15) is 19.2 Å². The zero-order chi connectivity index (χ0) is 16.7. The minimum absolute atomic E-state index is 0.115. The van der Waals surface area contributed by atoms with Crippen LogP contribution in [0.15, 0.2) is 34.3 Å². The molecule has 0 aliphatic heterocycles. The summed E-state index contributed by atoms with van der Waals surface area (Å²) in [6.07, 6.45) is 1.25. The molecule has 0 unspecified atom stereocenters. The Kier molecular flexibility index (Phi) is 6.46. The van der Waals surface area contributed by atoms with Crippen molar-refractivity contribution in [1.29, 1.82) is 0 Å². The van der Waals surface area contributed by atoms with Crippen LogP contribution in [0.5, 0.6) is 5.75 Å². The van der Waals surface area contributed by atoms with Crippen LogP contribution in [0.25, 0.3) is 0 Å². The summed E-state index contributed by atoms with van der Waals surface area (Å²) in [5.74, 6) is -2.99. The molecule has 0 heterocycles. The molecule has 0 fully saturated rings. The number of esters is 2. The summed E-state index contributed by atoms with van der Waals surface area (Å²) >= 11 is 3.15. The fraction of sp³-hybridized carbons (Fsp3) is 0.143. The maximum Gasteiger partial charge on any atom is 0.349 e. The van der Waals surface area contributed by atoms with Crippen LogP contribution in [0.1, 0.15) is 17.3 Å². The van der Waals surface area contributed by atoms with Crippen molar-refractivity contribution in [3.63, 3.8) is 0 Å². The monoisotopic (exact) mass is 370 g/mol. The van der Waals surface area contributed by atoms with Gasteiger partial charge in [-0.2, -0.15) is 0 Å². The molecule has 0 radical (unpaired) electrons. The summed E-state index contributed by atoms with van der Waals surface area (Å²) < 4.78 is 10.0. The molecular formula is C14H11BrO7. The second-order valence-corrected chi connectivity index (χ2v) is 4.87. The van der Waals surface area contributed by atoms with E-state index in [4.69, 9.17) is 9.84 Å². The molecule has 7 nitrogen and oxygen atoms in total. The summed E-state index contributed by atoms with van der Waals surface area (Å²) in [6, 6.07) is 4.32. The molecule has 8 heteroatoms. The third-order valence-electron chi connectivity index (χ3n) is 2.31. The van der Waals surface area contributed by atoms with E-state index < -0.39 is 24.5 Å². The number of rotatable bonds is 6. The Hall–Kier alpha value is -2.48. The summed E-state index contributed by atoms with van der Waals surface area (Å²) in [4.78, 5) is 44.0. The highest BCUT2D eigenvalue weighted by Crippen LogP contribution is 2.21. The molecule has 0 saturated carbocycles. The zero-order valence-corrected chi connectivity index (χ0v) is 13.0. The van der Waals surface area contributed by atoms with Crippen molar-refractivity contribution in [2.45, 2.75) is 6.92 Å². The molecule has 1 aromatic carbocycles. The Morgan fingerprint density at radius 3 is 2.59 bits per heavy atom. The van der Waals surface area contributed by atoms with E-state index in [1.807, 2.05) is 0 Å². The molecule has 1 rings (SSSR count). The van der Waals surface area contributed by atoms with Crippen LogP contribution in [0.3, 0.4) is 0 Å². The Bertz CT molecular complexity index is 649. The number of aliphatic carboxylic acids is 1. The van der Waals surface area contributed by atoms with Crippen molar-refractivity contribution in [1.82, 2.24) is 0 Å². The first-order valence-corrected chi connectivity index (χ1v) is 6.66. The Morgan fingerprint density at radius 1 is 1.32 bits per heavy atom. The standard InChI is InChI=1S/C14H11BrO7/c1-8(4-12(17)18)14(20)21-7-13(19)22-10-2-3-11(15)9(5-10)6-16/h2-6H,7H2,1H3,(H,17,18)/b8-4+. The topological polar surface area (TPSA) is 107 Å². The number of benzene rings is 1. The molecule has 0 amide bonds. The number of halogens is 1. The maximum atomic E-state index is 11.5. The molecule has 0 spiro atoms. The predicted octanol–water partition coefficient (Wildman–Crippen LogP) is 1.74. The van der Waals surface area contributed by atoms with Crippen molar-refractivity contribution in [3.05, 3.63) is 39.9 Å². The maximum absolute atomic E-state index is 11.5. The third-order valence-corrected chi connectivity index (χ3v) is 3.03.